The molecule has 30 heavy (non-hydrogen) atoms. The molecule has 4 rings (SSSR count). The molecule has 8 heteroatoms. The number of aliphatic hydroxyl groups excluding tert-OH is 1. The van der Waals surface area contributed by atoms with Gasteiger partial charge in [-0.3, -0.25) is 9.59 Å². The van der Waals surface area contributed by atoms with Gasteiger partial charge in [0.05, 0.1) is 17.4 Å². The molecule has 0 saturated heterocycles. The van der Waals surface area contributed by atoms with E-state index in [1.54, 1.807) is 18.2 Å². The van der Waals surface area contributed by atoms with E-state index >= 15 is 0 Å². The number of phenolic OH excluding ortho intramolecular Hbond substituents is 1. The number of aromatic hydroxyl groups is 1. The van der Waals surface area contributed by atoms with E-state index in [-0.39, 0.29) is 48.8 Å². The molecular formula is C22H18O8. The van der Waals surface area contributed by atoms with E-state index in [1.165, 1.54) is 30.3 Å². The summed E-state index contributed by atoms with van der Waals surface area (Å²) in [7, 11) is 0. The molecule has 0 aliphatic heterocycles. The van der Waals surface area contributed by atoms with E-state index in [0.717, 1.165) is 0 Å². The Morgan fingerprint density at radius 2 is 1.47 bits per heavy atom. The van der Waals surface area contributed by atoms with Crippen molar-refractivity contribution in [3.8, 4) is 11.5 Å². The normalized spacial score (nSPS) is 11.2. The number of hydrogen-bond donors (Lipinski definition) is 2. The number of aliphatic hydroxyl groups is 1. The van der Waals surface area contributed by atoms with Crippen LogP contribution in [0.4, 0.5) is 0 Å². The topological polar surface area (TPSA) is 119 Å². The largest absolute Gasteiger partial charge is 0.508 e. The number of rotatable bonds is 7. The molecule has 0 bridgehead atoms. The lowest BCUT2D eigenvalue weighted by Crippen LogP contribution is -2.09. The van der Waals surface area contributed by atoms with Crippen LogP contribution in [-0.4, -0.2) is 23.4 Å². The minimum Gasteiger partial charge on any atom is -0.508 e. The summed E-state index contributed by atoms with van der Waals surface area (Å²) >= 11 is 0. The highest BCUT2D eigenvalue weighted by Crippen LogP contribution is 2.20. The summed E-state index contributed by atoms with van der Waals surface area (Å²) in [6, 6.07) is 11.7. The highest BCUT2D eigenvalue weighted by atomic mass is 16.5. The molecule has 4 aromatic rings. The van der Waals surface area contributed by atoms with Gasteiger partial charge in [-0.1, -0.05) is 0 Å². The first kappa shape index (κ1) is 19.7. The molecule has 0 radical (unpaired) electrons. The summed E-state index contributed by atoms with van der Waals surface area (Å²) < 4.78 is 22.1. The zero-order chi connectivity index (χ0) is 21.1. The van der Waals surface area contributed by atoms with E-state index in [0.29, 0.717) is 33.4 Å². The van der Waals surface area contributed by atoms with Crippen molar-refractivity contribution in [3.63, 3.8) is 0 Å². The van der Waals surface area contributed by atoms with E-state index in [2.05, 4.69) is 0 Å². The van der Waals surface area contributed by atoms with Crippen LogP contribution in [0.1, 0.15) is 11.5 Å². The fourth-order valence-corrected chi connectivity index (χ4v) is 3.01. The lowest BCUT2D eigenvalue weighted by atomic mass is 10.2. The summed E-state index contributed by atoms with van der Waals surface area (Å²) in [6.45, 7) is 0.186. The van der Waals surface area contributed by atoms with E-state index < -0.39 is 0 Å². The van der Waals surface area contributed by atoms with Gasteiger partial charge in [0.25, 0.3) is 0 Å². The second-order valence-electron chi connectivity index (χ2n) is 6.55. The second-order valence-corrected chi connectivity index (χ2v) is 6.55. The number of hydrogen-bond acceptors (Lipinski definition) is 8. The summed E-state index contributed by atoms with van der Waals surface area (Å²) in [6.07, 6.45) is 0. The molecule has 2 aromatic heterocycles. The van der Waals surface area contributed by atoms with Gasteiger partial charge >= 0.3 is 0 Å². The quantitative estimate of drug-likeness (QED) is 0.446. The van der Waals surface area contributed by atoms with E-state index in [1.807, 2.05) is 0 Å². The molecule has 0 fully saturated rings. The molecule has 0 unspecified atom stereocenters. The molecule has 0 atom stereocenters. The Labute approximate surface area is 169 Å². The van der Waals surface area contributed by atoms with Crippen molar-refractivity contribution >= 4 is 21.9 Å². The van der Waals surface area contributed by atoms with Gasteiger partial charge in [0.2, 0.25) is 0 Å². The van der Waals surface area contributed by atoms with Crippen molar-refractivity contribution in [1.29, 1.82) is 0 Å². The van der Waals surface area contributed by atoms with Gasteiger partial charge in [0.15, 0.2) is 10.9 Å². The predicted molar refractivity (Wildman–Crippen MR) is 108 cm³/mol. The predicted octanol–water partition coefficient (Wildman–Crippen LogP) is 2.69. The summed E-state index contributed by atoms with van der Waals surface area (Å²) in [5.41, 5.74) is 0.215. The molecule has 154 valence electrons. The maximum Gasteiger partial charge on any atom is 0.193 e. The Bertz CT molecular complexity index is 1320. The maximum absolute atomic E-state index is 12.1. The van der Waals surface area contributed by atoms with Crippen LogP contribution in [0, 0.1) is 0 Å². The number of fused-ring (bicyclic) bond motifs is 2. The van der Waals surface area contributed by atoms with Gasteiger partial charge in [-0.2, -0.15) is 0 Å². The molecule has 8 nitrogen and oxygen atoms in total. The van der Waals surface area contributed by atoms with Gasteiger partial charge in [-0.25, -0.2) is 0 Å². The van der Waals surface area contributed by atoms with Gasteiger partial charge < -0.3 is 28.5 Å². The zero-order valence-corrected chi connectivity index (χ0v) is 15.8. The van der Waals surface area contributed by atoms with Crippen LogP contribution in [-0.2, 0) is 18.0 Å². The molecule has 2 heterocycles. The molecule has 2 N–H and O–H groups in total. The fraction of sp³-hybridized carbons (Fsp3) is 0.182. The first-order valence-corrected chi connectivity index (χ1v) is 9.17. The molecule has 0 aliphatic carbocycles. The maximum atomic E-state index is 12.1. The Balaban J connectivity index is 1.35. The standard InChI is InChI=1S/C22H18O8/c23-11-15-9-19(25)18-8-14(2-4-22(18)29-15)28-6-5-27-12-16-10-20(26)17-7-13(24)1-3-21(17)30-16/h1-4,7-10,23-24H,5-6,11-12H2. The van der Waals surface area contributed by atoms with Crippen LogP contribution in [0.2, 0.25) is 0 Å². The molecule has 0 spiro atoms. The first-order valence-electron chi connectivity index (χ1n) is 9.17. The average Bonchev–Trinajstić information content (AvgIpc) is 2.74. The number of phenols is 1. The van der Waals surface area contributed by atoms with Crippen LogP contribution in [0.5, 0.6) is 11.5 Å². The Kier molecular flexibility index (Phi) is 5.51. The Morgan fingerprint density at radius 1 is 0.800 bits per heavy atom. The molecule has 2 aromatic carbocycles. The van der Waals surface area contributed by atoms with Crippen molar-refractivity contribution in [2.45, 2.75) is 13.2 Å². The van der Waals surface area contributed by atoms with Crippen LogP contribution >= 0.6 is 0 Å². The zero-order valence-electron chi connectivity index (χ0n) is 15.8. The molecule has 0 amide bonds. The SMILES string of the molecule is O=c1cc(CO)oc2ccc(OCCOCc3cc(=O)c4cc(O)ccc4o3)cc12. The number of ether oxygens (including phenoxy) is 2. The van der Waals surface area contributed by atoms with Gasteiger partial charge in [0, 0.05) is 12.1 Å². The highest BCUT2D eigenvalue weighted by Gasteiger charge is 2.08. The molecule has 0 aliphatic rings. The van der Waals surface area contributed by atoms with Gasteiger partial charge in [-0.05, 0) is 36.4 Å². The first-order chi connectivity index (χ1) is 14.5. The van der Waals surface area contributed by atoms with Crippen molar-refractivity contribution in [2.24, 2.45) is 0 Å². The minimum absolute atomic E-state index is 0.00347. The van der Waals surface area contributed by atoms with Gasteiger partial charge in [-0.15, -0.1) is 0 Å². The van der Waals surface area contributed by atoms with Crippen molar-refractivity contribution in [1.82, 2.24) is 0 Å². The van der Waals surface area contributed by atoms with Crippen LogP contribution in [0.3, 0.4) is 0 Å². The van der Waals surface area contributed by atoms with E-state index in [4.69, 9.17) is 23.4 Å². The van der Waals surface area contributed by atoms with E-state index in [9.17, 15) is 14.7 Å². The lowest BCUT2D eigenvalue weighted by Gasteiger charge is -2.08. The third-order valence-electron chi connectivity index (χ3n) is 4.41. The molecular weight excluding hydrogens is 392 g/mol. The smallest absolute Gasteiger partial charge is 0.193 e. The molecule has 0 saturated carbocycles. The third kappa shape index (κ3) is 4.19. The highest BCUT2D eigenvalue weighted by molar-refractivity contribution is 5.78. The monoisotopic (exact) mass is 410 g/mol. The van der Waals surface area contributed by atoms with Crippen molar-refractivity contribution in [3.05, 3.63) is 80.5 Å². The van der Waals surface area contributed by atoms with Crippen LogP contribution in [0.25, 0.3) is 21.9 Å². The summed E-state index contributed by atoms with van der Waals surface area (Å²) in [5, 5.41) is 19.2. The van der Waals surface area contributed by atoms with Gasteiger partial charge in [0.1, 0.15) is 54.0 Å². The van der Waals surface area contributed by atoms with Crippen molar-refractivity contribution < 1.29 is 28.5 Å². The summed E-state index contributed by atoms with van der Waals surface area (Å²) in [5.74, 6) is 1.04. The summed E-state index contributed by atoms with van der Waals surface area (Å²) in [4.78, 5) is 24.2. The minimum atomic E-state index is -0.347. The second kappa shape index (κ2) is 8.40. The van der Waals surface area contributed by atoms with Crippen LogP contribution < -0.4 is 15.6 Å². The average molecular weight is 410 g/mol. The Morgan fingerprint density at radius 3 is 2.23 bits per heavy atom. The fourth-order valence-electron chi connectivity index (χ4n) is 3.01. The Hall–Kier alpha value is -3.62. The third-order valence-corrected chi connectivity index (χ3v) is 4.41. The van der Waals surface area contributed by atoms with Crippen LogP contribution in [0.15, 0.2) is 67.0 Å². The lowest BCUT2D eigenvalue weighted by molar-refractivity contribution is 0.0784. The van der Waals surface area contributed by atoms with Crippen molar-refractivity contribution in [2.75, 3.05) is 13.2 Å². The number of benzene rings is 2.